The summed E-state index contributed by atoms with van der Waals surface area (Å²) in [6, 6.07) is 8.37. The van der Waals surface area contributed by atoms with Crippen molar-refractivity contribution in [2.24, 2.45) is 0 Å². The van der Waals surface area contributed by atoms with Crippen molar-refractivity contribution in [3.63, 3.8) is 0 Å². The number of hydrogen-bond donors (Lipinski definition) is 2. The first-order chi connectivity index (χ1) is 12.9. The molecule has 1 aromatic rings. The lowest BCUT2D eigenvalue weighted by molar-refractivity contribution is -0.140. The predicted molar refractivity (Wildman–Crippen MR) is 106 cm³/mol. The molecule has 0 saturated carbocycles. The van der Waals surface area contributed by atoms with Gasteiger partial charge in [-0.1, -0.05) is 43.7 Å². The number of nitrogens with zero attached hydrogens (tertiary/aromatic N) is 3. The molecule has 0 radical (unpaired) electrons. The topological polar surface area (TPSA) is 84.3 Å². The van der Waals surface area contributed by atoms with E-state index in [1.165, 1.54) is 11.1 Å². The Hall–Kier alpha value is -1.96. The van der Waals surface area contributed by atoms with Gasteiger partial charge >= 0.3 is 11.9 Å². The summed E-state index contributed by atoms with van der Waals surface area (Å²) in [5.74, 6) is -1.71. The van der Waals surface area contributed by atoms with Gasteiger partial charge in [0.1, 0.15) is 0 Å². The average molecular weight is 380 g/mol. The van der Waals surface area contributed by atoms with E-state index in [0.717, 1.165) is 19.6 Å². The fraction of sp³-hybridized carbons (Fsp3) is 0.600. The molecular formula is C20H33N3O4. The maximum absolute atomic E-state index is 11.1. The van der Waals surface area contributed by atoms with Crippen molar-refractivity contribution in [2.45, 2.75) is 27.3 Å². The molecule has 1 aliphatic heterocycles. The number of carboxylic acid groups (broad SMARTS) is 2. The van der Waals surface area contributed by atoms with Crippen LogP contribution in [-0.2, 0) is 16.1 Å². The molecule has 152 valence electrons. The predicted octanol–water partition coefficient (Wildman–Crippen LogP) is 1.61. The second kappa shape index (κ2) is 12.4. The van der Waals surface area contributed by atoms with E-state index in [1.54, 1.807) is 0 Å². The van der Waals surface area contributed by atoms with Gasteiger partial charge in [-0.05, 0) is 12.5 Å². The lowest BCUT2D eigenvalue weighted by atomic mass is 10.1. The summed E-state index contributed by atoms with van der Waals surface area (Å²) in [6.07, 6.45) is 0. The number of aryl methyl sites for hydroxylation is 1. The van der Waals surface area contributed by atoms with Gasteiger partial charge in [-0.2, -0.15) is 0 Å². The number of aliphatic carboxylic acids is 2. The number of hydrogen-bond acceptors (Lipinski definition) is 5. The molecule has 0 aromatic heterocycles. The first-order valence-corrected chi connectivity index (χ1v) is 9.58. The standard InChI is InChI=1S/C18H27N3O4.C2H6/c1-15-2-4-16(5-3-15)12-19-6-8-20(13-17(22)23)10-11-21(9-7-19)14-18(24)25;1-2/h2-5H,6-14H2,1H3,(H,22,23)(H,24,25);1-2H3. The zero-order chi connectivity index (χ0) is 20.2. The number of rotatable bonds is 6. The Bertz CT molecular complexity index is 549. The van der Waals surface area contributed by atoms with Crippen LogP contribution in [0.2, 0.25) is 0 Å². The summed E-state index contributed by atoms with van der Waals surface area (Å²) < 4.78 is 0. The van der Waals surface area contributed by atoms with Crippen LogP contribution in [0, 0.1) is 6.92 Å². The second-order valence-electron chi connectivity index (χ2n) is 6.60. The summed E-state index contributed by atoms with van der Waals surface area (Å²) in [6.45, 7) is 10.8. The van der Waals surface area contributed by atoms with Gasteiger partial charge in [-0.25, -0.2) is 0 Å². The van der Waals surface area contributed by atoms with E-state index in [9.17, 15) is 9.59 Å². The van der Waals surface area contributed by atoms with Gasteiger partial charge < -0.3 is 10.2 Å². The molecular weight excluding hydrogens is 346 g/mol. The fourth-order valence-electron chi connectivity index (χ4n) is 2.99. The van der Waals surface area contributed by atoms with Crippen molar-refractivity contribution < 1.29 is 19.8 Å². The van der Waals surface area contributed by atoms with E-state index >= 15 is 0 Å². The van der Waals surface area contributed by atoms with E-state index < -0.39 is 11.9 Å². The Labute approximate surface area is 162 Å². The van der Waals surface area contributed by atoms with Crippen LogP contribution in [0.1, 0.15) is 25.0 Å². The summed E-state index contributed by atoms with van der Waals surface area (Å²) in [5.41, 5.74) is 2.42. The van der Waals surface area contributed by atoms with E-state index in [1.807, 2.05) is 23.6 Å². The smallest absolute Gasteiger partial charge is 0.317 e. The normalized spacial score (nSPS) is 17.1. The van der Waals surface area contributed by atoms with Gasteiger partial charge in [0.15, 0.2) is 0 Å². The summed E-state index contributed by atoms with van der Waals surface area (Å²) in [5, 5.41) is 18.1. The summed E-state index contributed by atoms with van der Waals surface area (Å²) in [4.78, 5) is 28.1. The Morgan fingerprint density at radius 2 is 1.15 bits per heavy atom. The van der Waals surface area contributed by atoms with E-state index in [0.29, 0.717) is 26.2 Å². The quantitative estimate of drug-likeness (QED) is 0.777. The Balaban J connectivity index is 0.00000176. The van der Waals surface area contributed by atoms with Crippen molar-refractivity contribution in [3.05, 3.63) is 35.4 Å². The van der Waals surface area contributed by atoms with Crippen molar-refractivity contribution in [2.75, 3.05) is 52.4 Å². The minimum absolute atomic E-state index is 0.0146. The molecule has 0 spiro atoms. The molecule has 27 heavy (non-hydrogen) atoms. The lowest BCUT2D eigenvalue weighted by Gasteiger charge is -2.25. The number of carboxylic acids is 2. The molecule has 1 heterocycles. The van der Waals surface area contributed by atoms with Gasteiger partial charge in [-0.3, -0.25) is 24.3 Å². The third-order valence-electron chi connectivity index (χ3n) is 4.44. The van der Waals surface area contributed by atoms with Gasteiger partial charge in [-0.15, -0.1) is 0 Å². The molecule has 7 nitrogen and oxygen atoms in total. The zero-order valence-electron chi connectivity index (χ0n) is 16.7. The minimum atomic E-state index is -0.853. The second-order valence-corrected chi connectivity index (χ2v) is 6.60. The largest absolute Gasteiger partial charge is 0.480 e. The third-order valence-corrected chi connectivity index (χ3v) is 4.44. The molecule has 2 N–H and O–H groups in total. The molecule has 0 unspecified atom stereocenters. The van der Waals surface area contributed by atoms with Crippen molar-refractivity contribution in [1.29, 1.82) is 0 Å². The first kappa shape index (κ1) is 23.1. The highest BCUT2D eigenvalue weighted by atomic mass is 16.4. The molecule has 1 saturated heterocycles. The Morgan fingerprint density at radius 3 is 1.52 bits per heavy atom. The van der Waals surface area contributed by atoms with E-state index in [-0.39, 0.29) is 13.1 Å². The maximum atomic E-state index is 11.1. The van der Waals surface area contributed by atoms with Crippen LogP contribution in [-0.4, -0.2) is 89.2 Å². The van der Waals surface area contributed by atoms with Crippen LogP contribution >= 0.6 is 0 Å². The van der Waals surface area contributed by atoms with Crippen LogP contribution in [0.15, 0.2) is 24.3 Å². The molecule has 1 aromatic carbocycles. The molecule has 2 rings (SSSR count). The monoisotopic (exact) mass is 379 g/mol. The van der Waals surface area contributed by atoms with Crippen molar-refractivity contribution in [3.8, 4) is 0 Å². The highest BCUT2D eigenvalue weighted by Gasteiger charge is 2.19. The molecule has 1 aliphatic rings. The number of carbonyl (C=O) groups is 2. The fourth-order valence-corrected chi connectivity index (χ4v) is 2.99. The molecule has 0 atom stereocenters. The van der Waals surface area contributed by atoms with Crippen molar-refractivity contribution >= 4 is 11.9 Å². The molecule has 0 amide bonds. The molecule has 0 bridgehead atoms. The zero-order valence-corrected chi connectivity index (χ0v) is 16.7. The first-order valence-electron chi connectivity index (χ1n) is 9.58. The van der Waals surface area contributed by atoms with E-state index in [4.69, 9.17) is 10.2 Å². The molecule has 0 aliphatic carbocycles. The third kappa shape index (κ3) is 9.51. The summed E-state index contributed by atoms with van der Waals surface area (Å²) in [7, 11) is 0. The van der Waals surface area contributed by atoms with Crippen LogP contribution < -0.4 is 0 Å². The summed E-state index contributed by atoms with van der Waals surface area (Å²) >= 11 is 0. The van der Waals surface area contributed by atoms with Gasteiger partial charge in [0, 0.05) is 45.8 Å². The van der Waals surface area contributed by atoms with Crippen LogP contribution in [0.4, 0.5) is 0 Å². The van der Waals surface area contributed by atoms with Gasteiger partial charge in [0.2, 0.25) is 0 Å². The molecule has 7 heteroatoms. The minimum Gasteiger partial charge on any atom is -0.480 e. The van der Waals surface area contributed by atoms with Crippen LogP contribution in [0.25, 0.3) is 0 Å². The van der Waals surface area contributed by atoms with Crippen LogP contribution in [0.5, 0.6) is 0 Å². The van der Waals surface area contributed by atoms with Crippen molar-refractivity contribution in [1.82, 2.24) is 14.7 Å². The maximum Gasteiger partial charge on any atom is 0.317 e. The van der Waals surface area contributed by atoms with Gasteiger partial charge in [0.25, 0.3) is 0 Å². The SMILES string of the molecule is CC.Cc1ccc(CN2CCN(CC(=O)O)CCN(CC(=O)O)CC2)cc1. The highest BCUT2D eigenvalue weighted by molar-refractivity contribution is 5.69. The highest BCUT2D eigenvalue weighted by Crippen LogP contribution is 2.09. The lowest BCUT2D eigenvalue weighted by Crippen LogP contribution is -2.40. The van der Waals surface area contributed by atoms with Crippen LogP contribution in [0.3, 0.4) is 0 Å². The Morgan fingerprint density at radius 1 is 0.778 bits per heavy atom. The Kier molecular flexibility index (Phi) is 10.6. The molecule has 1 fully saturated rings. The van der Waals surface area contributed by atoms with E-state index in [2.05, 4.69) is 36.1 Å². The number of benzene rings is 1. The average Bonchev–Trinajstić information content (AvgIpc) is 2.71. The van der Waals surface area contributed by atoms with Gasteiger partial charge in [0.05, 0.1) is 13.1 Å².